The molecule has 1 aromatic carbocycles. The average molecular weight is 340 g/mol. The second-order valence-corrected chi connectivity index (χ2v) is 11.7. The van der Waals surface area contributed by atoms with E-state index in [-0.39, 0.29) is 0 Å². The molecule has 0 aromatic heterocycles. The molecule has 2 unspecified atom stereocenters. The highest BCUT2D eigenvalue weighted by atomic mass is 28.3. The molecule has 2 heteroatoms. The molecule has 1 aromatic rings. The topological polar surface area (TPSA) is 12.0 Å². The van der Waals surface area contributed by atoms with Gasteiger partial charge in [-0.2, -0.15) is 0 Å². The van der Waals surface area contributed by atoms with Crippen molar-refractivity contribution in [3.8, 4) is 0 Å². The van der Waals surface area contributed by atoms with E-state index >= 15 is 0 Å². The molecule has 0 amide bonds. The van der Waals surface area contributed by atoms with Gasteiger partial charge in [-0.15, -0.1) is 0 Å². The first-order valence-corrected chi connectivity index (χ1v) is 12.2. The molecule has 1 fully saturated rings. The Labute approximate surface area is 149 Å². The summed E-state index contributed by atoms with van der Waals surface area (Å²) in [5.74, 6) is 0.581. The van der Waals surface area contributed by atoms with Crippen LogP contribution in [0.1, 0.15) is 59.8 Å². The highest BCUT2D eigenvalue weighted by Crippen LogP contribution is 2.40. The van der Waals surface area contributed by atoms with Gasteiger partial charge in [0, 0.05) is 6.04 Å². The van der Waals surface area contributed by atoms with E-state index in [0.29, 0.717) is 12.0 Å². The molecule has 1 N–H and O–H groups in total. The van der Waals surface area contributed by atoms with E-state index in [9.17, 15) is 0 Å². The molecule has 2 aliphatic carbocycles. The van der Waals surface area contributed by atoms with Crippen molar-refractivity contribution in [3.05, 3.63) is 52.2 Å². The molecule has 0 radical (unpaired) electrons. The molecule has 0 saturated heterocycles. The van der Waals surface area contributed by atoms with Crippen LogP contribution in [0.2, 0.25) is 6.55 Å². The van der Waals surface area contributed by atoms with E-state index < -0.39 is 8.24 Å². The van der Waals surface area contributed by atoms with Gasteiger partial charge in [0.25, 0.3) is 0 Å². The second-order valence-electron chi connectivity index (χ2n) is 8.04. The highest BCUT2D eigenvalue weighted by Gasteiger charge is 2.42. The van der Waals surface area contributed by atoms with E-state index in [1.54, 1.807) is 21.5 Å². The van der Waals surface area contributed by atoms with Crippen LogP contribution in [0.25, 0.3) is 0 Å². The molecule has 1 nitrogen and oxygen atoms in total. The van der Waals surface area contributed by atoms with Crippen LogP contribution in [0, 0.1) is 5.92 Å². The van der Waals surface area contributed by atoms with Crippen molar-refractivity contribution in [2.45, 2.75) is 72.4 Å². The quantitative estimate of drug-likeness (QED) is 0.740. The van der Waals surface area contributed by atoms with Crippen LogP contribution in [0.5, 0.6) is 0 Å². The van der Waals surface area contributed by atoms with Crippen LogP contribution in [0.4, 0.5) is 0 Å². The number of allylic oxidation sites excluding steroid dienone is 4. The minimum absolute atomic E-state index is 0.581. The molecule has 2 aliphatic rings. The Morgan fingerprint density at radius 2 is 1.54 bits per heavy atom. The number of hydrogen-bond donors (Lipinski definition) is 1. The van der Waals surface area contributed by atoms with Crippen LogP contribution in [0.3, 0.4) is 0 Å². The fraction of sp³-hybridized carbons (Fsp3) is 0.545. The largest absolute Gasteiger partial charge is 0.328 e. The van der Waals surface area contributed by atoms with Crippen molar-refractivity contribution in [3.63, 3.8) is 0 Å². The maximum absolute atomic E-state index is 4.25. The van der Waals surface area contributed by atoms with E-state index in [0.717, 1.165) is 0 Å². The average Bonchev–Trinajstić information content (AvgIpc) is 2.80. The van der Waals surface area contributed by atoms with Crippen molar-refractivity contribution >= 4 is 13.4 Å². The van der Waals surface area contributed by atoms with Gasteiger partial charge in [0.2, 0.25) is 0 Å². The van der Waals surface area contributed by atoms with Crippen molar-refractivity contribution < 1.29 is 0 Å². The van der Waals surface area contributed by atoms with Gasteiger partial charge in [0.05, 0.1) is 0 Å². The van der Waals surface area contributed by atoms with Gasteiger partial charge in [0.1, 0.15) is 0 Å². The molecule has 2 atom stereocenters. The Hall–Kier alpha value is -1.12. The standard InChI is InChI=1S/C22H33NSi/c1-16-17(2)19(4)22(18(16)3)24(5,21-14-10-7-11-15-21)23-20-12-8-6-9-13-20/h7,10-11,14-15,18,20,23H,6,8-9,12-13H2,1-5H3. The number of rotatable bonds is 4. The molecule has 3 rings (SSSR count). The zero-order chi connectivity index (χ0) is 17.3. The lowest BCUT2D eigenvalue weighted by molar-refractivity contribution is 0.415. The van der Waals surface area contributed by atoms with Crippen LogP contribution >= 0.6 is 0 Å². The molecule has 1 saturated carbocycles. The Balaban J connectivity index is 2.03. The van der Waals surface area contributed by atoms with Crippen molar-refractivity contribution in [2.75, 3.05) is 0 Å². The first-order valence-electron chi connectivity index (χ1n) is 9.67. The lowest BCUT2D eigenvalue weighted by atomic mass is 9.96. The first-order chi connectivity index (χ1) is 11.4. The molecular formula is C22H33NSi. The molecule has 0 spiro atoms. The summed E-state index contributed by atoms with van der Waals surface area (Å²) in [6.07, 6.45) is 6.89. The summed E-state index contributed by atoms with van der Waals surface area (Å²) in [5.41, 5.74) is 4.65. The summed E-state index contributed by atoms with van der Waals surface area (Å²) in [5, 5.41) is 3.26. The van der Waals surface area contributed by atoms with Crippen molar-refractivity contribution in [1.29, 1.82) is 0 Å². The van der Waals surface area contributed by atoms with E-state index in [2.05, 4.69) is 69.6 Å². The molecule has 0 bridgehead atoms. The van der Waals surface area contributed by atoms with Gasteiger partial charge < -0.3 is 4.98 Å². The zero-order valence-electron chi connectivity index (χ0n) is 16.1. The van der Waals surface area contributed by atoms with Crippen molar-refractivity contribution in [2.24, 2.45) is 5.92 Å². The molecule has 130 valence electrons. The Morgan fingerprint density at radius 3 is 2.08 bits per heavy atom. The third-order valence-corrected chi connectivity index (χ3v) is 11.0. The normalized spacial score (nSPS) is 25.3. The Kier molecular flexibility index (Phi) is 5.17. The van der Waals surface area contributed by atoms with E-state index in [1.165, 1.54) is 37.7 Å². The molecule has 0 heterocycles. The lowest BCUT2D eigenvalue weighted by Crippen LogP contribution is -2.64. The maximum atomic E-state index is 4.25. The van der Waals surface area contributed by atoms with Crippen LogP contribution < -0.4 is 10.2 Å². The predicted octanol–water partition coefficient (Wildman–Crippen LogP) is 5.23. The fourth-order valence-corrected chi connectivity index (χ4v) is 9.53. The third kappa shape index (κ3) is 3.06. The minimum Gasteiger partial charge on any atom is -0.328 e. The van der Waals surface area contributed by atoms with E-state index in [1.807, 2.05) is 0 Å². The van der Waals surface area contributed by atoms with Gasteiger partial charge in [-0.25, -0.2) is 0 Å². The summed E-state index contributed by atoms with van der Waals surface area (Å²) in [7, 11) is -1.90. The summed E-state index contributed by atoms with van der Waals surface area (Å²) >= 11 is 0. The third-order valence-electron chi connectivity index (χ3n) is 6.63. The van der Waals surface area contributed by atoms with Crippen molar-refractivity contribution in [1.82, 2.24) is 4.98 Å². The van der Waals surface area contributed by atoms with Gasteiger partial charge in [0.15, 0.2) is 8.24 Å². The number of nitrogens with one attached hydrogen (secondary N) is 1. The van der Waals surface area contributed by atoms with Gasteiger partial charge in [-0.3, -0.25) is 0 Å². The summed E-state index contributed by atoms with van der Waals surface area (Å²) in [6, 6.07) is 12.0. The second kappa shape index (κ2) is 7.01. The van der Waals surface area contributed by atoms with Crippen LogP contribution in [-0.2, 0) is 0 Å². The van der Waals surface area contributed by atoms with Gasteiger partial charge >= 0.3 is 0 Å². The molecule has 24 heavy (non-hydrogen) atoms. The first kappa shape index (κ1) is 17.7. The maximum Gasteiger partial charge on any atom is 0.183 e. The molecule has 0 aliphatic heterocycles. The van der Waals surface area contributed by atoms with Crippen LogP contribution in [-0.4, -0.2) is 14.3 Å². The Bertz CT molecular complexity index is 652. The monoisotopic (exact) mass is 339 g/mol. The summed E-state index contributed by atoms with van der Waals surface area (Å²) in [4.78, 5) is 4.25. The van der Waals surface area contributed by atoms with Gasteiger partial charge in [-0.05, 0) is 56.8 Å². The smallest absolute Gasteiger partial charge is 0.183 e. The summed E-state index contributed by atoms with van der Waals surface area (Å²) < 4.78 is 0. The Morgan fingerprint density at radius 1 is 0.917 bits per heavy atom. The highest BCUT2D eigenvalue weighted by molar-refractivity contribution is 6.95. The number of hydrogen-bond acceptors (Lipinski definition) is 1. The minimum atomic E-state index is -1.90. The zero-order valence-corrected chi connectivity index (χ0v) is 17.1. The fourth-order valence-electron chi connectivity index (χ4n) is 4.92. The van der Waals surface area contributed by atoms with Crippen LogP contribution in [0.15, 0.2) is 52.2 Å². The number of benzene rings is 1. The summed E-state index contributed by atoms with van der Waals surface area (Å²) in [6.45, 7) is 12.0. The predicted molar refractivity (Wildman–Crippen MR) is 108 cm³/mol. The van der Waals surface area contributed by atoms with Gasteiger partial charge in [-0.1, -0.05) is 72.9 Å². The SMILES string of the molecule is CC1=C(C)C(C)C([Si](C)(NC2CCCCC2)c2ccccc2)=C1C. The molecular weight excluding hydrogens is 306 g/mol. The van der Waals surface area contributed by atoms with E-state index in [4.69, 9.17) is 0 Å². The lowest BCUT2D eigenvalue weighted by Gasteiger charge is -2.39.